The number of aldehydes is 1. The maximum absolute atomic E-state index is 10.8. The highest BCUT2D eigenvalue weighted by Gasteiger charge is 2.12. The number of hydrogen-bond donors (Lipinski definition) is 1. The molecular formula is C16H13BrO5. The molecular weight excluding hydrogens is 352 g/mol. The zero-order valence-corrected chi connectivity index (χ0v) is 13.3. The van der Waals surface area contributed by atoms with Crippen LogP contribution in [-0.4, -0.2) is 24.5 Å². The van der Waals surface area contributed by atoms with E-state index in [-0.39, 0.29) is 12.2 Å². The Balaban J connectivity index is 2.17. The lowest BCUT2D eigenvalue weighted by molar-refractivity contribution is 0.0696. The van der Waals surface area contributed by atoms with Crippen molar-refractivity contribution < 1.29 is 24.2 Å². The third-order valence-corrected chi connectivity index (χ3v) is 3.56. The molecule has 0 heterocycles. The summed E-state index contributed by atoms with van der Waals surface area (Å²) in [5.41, 5.74) is 1.51. The summed E-state index contributed by atoms with van der Waals surface area (Å²) >= 11 is 3.34. The molecule has 2 aromatic rings. The molecule has 0 atom stereocenters. The first-order chi connectivity index (χ1) is 10.5. The standard InChI is InChI=1S/C16H13BrO5/c1-21-14-7-11(8-18)6-13(17)15(14)22-9-10-2-4-12(5-3-10)16(19)20/h2-8H,9H2,1H3,(H,19,20). The first kappa shape index (κ1) is 16.0. The van der Waals surface area contributed by atoms with Gasteiger partial charge in [0.1, 0.15) is 12.9 Å². The molecule has 0 aromatic heterocycles. The Morgan fingerprint density at radius 1 is 1.27 bits per heavy atom. The number of halogens is 1. The van der Waals surface area contributed by atoms with Crippen molar-refractivity contribution in [2.45, 2.75) is 6.61 Å². The summed E-state index contributed by atoms with van der Waals surface area (Å²) < 4.78 is 11.5. The number of ether oxygens (including phenoxy) is 2. The number of benzene rings is 2. The van der Waals surface area contributed by atoms with Gasteiger partial charge >= 0.3 is 5.97 Å². The van der Waals surface area contributed by atoms with Crippen molar-refractivity contribution in [2.75, 3.05) is 7.11 Å². The number of carboxylic acids is 1. The minimum Gasteiger partial charge on any atom is -0.493 e. The normalized spacial score (nSPS) is 10.1. The van der Waals surface area contributed by atoms with Gasteiger partial charge in [-0.1, -0.05) is 12.1 Å². The van der Waals surface area contributed by atoms with E-state index in [2.05, 4.69) is 15.9 Å². The molecule has 0 saturated carbocycles. The van der Waals surface area contributed by atoms with E-state index in [0.29, 0.717) is 21.5 Å². The SMILES string of the molecule is COc1cc(C=O)cc(Br)c1OCc1ccc(C(=O)O)cc1. The molecule has 6 heteroatoms. The molecule has 0 aliphatic rings. The fourth-order valence-corrected chi connectivity index (χ4v) is 2.42. The van der Waals surface area contributed by atoms with Crippen LogP contribution in [0.15, 0.2) is 40.9 Å². The first-order valence-corrected chi connectivity index (χ1v) is 7.12. The highest BCUT2D eigenvalue weighted by atomic mass is 79.9. The van der Waals surface area contributed by atoms with Crippen LogP contribution in [0.5, 0.6) is 11.5 Å². The van der Waals surface area contributed by atoms with Crippen LogP contribution >= 0.6 is 15.9 Å². The molecule has 0 saturated heterocycles. The van der Waals surface area contributed by atoms with Crippen molar-refractivity contribution in [3.05, 3.63) is 57.6 Å². The Labute approximate surface area is 135 Å². The molecule has 0 fully saturated rings. The van der Waals surface area contributed by atoms with Gasteiger partial charge in [0.15, 0.2) is 11.5 Å². The zero-order valence-electron chi connectivity index (χ0n) is 11.7. The maximum Gasteiger partial charge on any atom is 0.335 e. The average Bonchev–Trinajstić information content (AvgIpc) is 2.53. The molecule has 0 bridgehead atoms. The van der Waals surface area contributed by atoms with Crippen LogP contribution in [0.3, 0.4) is 0 Å². The third kappa shape index (κ3) is 3.65. The van der Waals surface area contributed by atoms with E-state index in [4.69, 9.17) is 14.6 Å². The lowest BCUT2D eigenvalue weighted by Gasteiger charge is -2.13. The number of hydrogen-bond acceptors (Lipinski definition) is 4. The van der Waals surface area contributed by atoms with Crippen molar-refractivity contribution in [1.82, 2.24) is 0 Å². The molecule has 2 aromatic carbocycles. The molecule has 5 nitrogen and oxygen atoms in total. The van der Waals surface area contributed by atoms with Crippen molar-refractivity contribution in [3.8, 4) is 11.5 Å². The van der Waals surface area contributed by atoms with Crippen LogP contribution in [0.1, 0.15) is 26.3 Å². The Morgan fingerprint density at radius 3 is 2.50 bits per heavy atom. The van der Waals surface area contributed by atoms with Gasteiger partial charge in [0, 0.05) is 5.56 Å². The molecule has 0 unspecified atom stereocenters. The van der Waals surface area contributed by atoms with Gasteiger partial charge in [-0.15, -0.1) is 0 Å². The first-order valence-electron chi connectivity index (χ1n) is 6.33. The predicted octanol–water partition coefficient (Wildman–Crippen LogP) is 3.55. The lowest BCUT2D eigenvalue weighted by atomic mass is 10.1. The van der Waals surface area contributed by atoms with E-state index >= 15 is 0 Å². The van der Waals surface area contributed by atoms with Crippen LogP contribution in [0, 0.1) is 0 Å². The van der Waals surface area contributed by atoms with Gasteiger partial charge in [-0.25, -0.2) is 4.79 Å². The second-order valence-corrected chi connectivity index (χ2v) is 5.30. The van der Waals surface area contributed by atoms with Gasteiger partial charge in [-0.3, -0.25) is 4.79 Å². The number of aromatic carboxylic acids is 1. The van der Waals surface area contributed by atoms with Crippen LogP contribution in [0.2, 0.25) is 0 Å². The van der Waals surface area contributed by atoms with Crippen LogP contribution in [0.25, 0.3) is 0 Å². The molecule has 0 radical (unpaired) electrons. The summed E-state index contributed by atoms with van der Waals surface area (Å²) in [6.07, 6.45) is 0.724. The largest absolute Gasteiger partial charge is 0.493 e. The highest BCUT2D eigenvalue weighted by Crippen LogP contribution is 2.36. The molecule has 1 N–H and O–H groups in total. The smallest absolute Gasteiger partial charge is 0.335 e. The third-order valence-electron chi connectivity index (χ3n) is 2.97. The van der Waals surface area contributed by atoms with E-state index in [0.717, 1.165) is 11.8 Å². The maximum atomic E-state index is 10.8. The fourth-order valence-electron chi connectivity index (χ4n) is 1.85. The van der Waals surface area contributed by atoms with Crippen LogP contribution in [-0.2, 0) is 6.61 Å². The summed E-state index contributed by atoms with van der Waals surface area (Å²) in [7, 11) is 1.49. The molecule has 0 amide bonds. The van der Waals surface area contributed by atoms with E-state index in [1.165, 1.54) is 19.2 Å². The molecule has 0 spiro atoms. The lowest BCUT2D eigenvalue weighted by Crippen LogP contribution is -2.01. The zero-order chi connectivity index (χ0) is 16.1. The Kier molecular flexibility index (Phi) is 5.16. The van der Waals surface area contributed by atoms with Crippen LogP contribution < -0.4 is 9.47 Å². The van der Waals surface area contributed by atoms with E-state index in [9.17, 15) is 9.59 Å². The van der Waals surface area contributed by atoms with Gasteiger partial charge < -0.3 is 14.6 Å². The minimum atomic E-state index is -0.971. The topological polar surface area (TPSA) is 72.8 Å². The number of methoxy groups -OCH3 is 1. The summed E-state index contributed by atoms with van der Waals surface area (Å²) in [4.78, 5) is 21.6. The Morgan fingerprint density at radius 2 is 1.95 bits per heavy atom. The van der Waals surface area contributed by atoms with Crippen molar-refractivity contribution >= 4 is 28.2 Å². The number of carbonyl (C=O) groups excluding carboxylic acids is 1. The van der Waals surface area contributed by atoms with E-state index in [1.807, 2.05) is 0 Å². The monoisotopic (exact) mass is 364 g/mol. The Hall–Kier alpha value is -2.34. The second kappa shape index (κ2) is 7.09. The highest BCUT2D eigenvalue weighted by molar-refractivity contribution is 9.10. The fraction of sp³-hybridized carbons (Fsp3) is 0.125. The summed E-state index contributed by atoms with van der Waals surface area (Å²) in [6.45, 7) is 0.245. The van der Waals surface area contributed by atoms with E-state index in [1.54, 1.807) is 24.3 Å². The molecule has 0 aliphatic carbocycles. The molecule has 114 valence electrons. The van der Waals surface area contributed by atoms with Gasteiger partial charge in [-0.05, 0) is 45.8 Å². The van der Waals surface area contributed by atoms with Crippen molar-refractivity contribution in [3.63, 3.8) is 0 Å². The van der Waals surface area contributed by atoms with E-state index < -0.39 is 5.97 Å². The summed E-state index contributed by atoms with van der Waals surface area (Å²) in [5, 5.41) is 8.86. The number of rotatable bonds is 6. The molecule has 22 heavy (non-hydrogen) atoms. The van der Waals surface area contributed by atoms with Crippen LogP contribution in [0.4, 0.5) is 0 Å². The summed E-state index contributed by atoms with van der Waals surface area (Å²) in [5.74, 6) is -0.0459. The van der Waals surface area contributed by atoms with Crippen molar-refractivity contribution in [2.24, 2.45) is 0 Å². The van der Waals surface area contributed by atoms with Gasteiger partial charge in [0.25, 0.3) is 0 Å². The molecule has 2 rings (SSSR count). The van der Waals surface area contributed by atoms with Gasteiger partial charge in [0.05, 0.1) is 17.1 Å². The number of carbonyl (C=O) groups is 2. The van der Waals surface area contributed by atoms with Gasteiger partial charge in [-0.2, -0.15) is 0 Å². The minimum absolute atomic E-state index is 0.220. The van der Waals surface area contributed by atoms with Crippen molar-refractivity contribution in [1.29, 1.82) is 0 Å². The predicted molar refractivity (Wildman–Crippen MR) is 83.8 cm³/mol. The summed E-state index contributed by atoms with van der Waals surface area (Å²) in [6, 6.07) is 9.62. The second-order valence-electron chi connectivity index (χ2n) is 4.44. The Bertz CT molecular complexity index is 694. The quantitative estimate of drug-likeness (QED) is 0.793. The van der Waals surface area contributed by atoms with Gasteiger partial charge in [0.2, 0.25) is 0 Å². The molecule has 0 aliphatic heterocycles. The average molecular weight is 365 g/mol. The number of carboxylic acid groups (broad SMARTS) is 1.